The van der Waals surface area contributed by atoms with Crippen LogP contribution in [0.5, 0.6) is 40.2 Å². The van der Waals surface area contributed by atoms with Crippen LogP contribution in [-0.2, 0) is 46.7 Å². The van der Waals surface area contributed by atoms with Crippen molar-refractivity contribution in [3.8, 4) is 62.5 Å². The molecule has 15 aromatic rings. The first-order valence-corrected chi connectivity index (χ1v) is 55.8. The van der Waals surface area contributed by atoms with Gasteiger partial charge in [0.25, 0.3) is 5.69 Å². The van der Waals surface area contributed by atoms with Crippen molar-refractivity contribution in [1.29, 1.82) is 0 Å². The molecule has 60 heteroatoms. The molecule has 801 valence electrons. The Kier molecular flexibility index (Phi) is 65.5. The standard InChI is InChI=1S/C16H11Cl3N2O2.C16H13ClN2O2.C8H11BO4.C8H4BrClN2.C8H5BrN2O.C7H6BrNO2.C7H8BrNO.C7H6BrNO.C7H8N2O3.C4H7BO.CH2Cl2.CH4N2O.Cl3OP.Cl2O2S.Mn.2O/c1-22-11-6-12(23-2)15(18)13(14(11)17)8-3-4-10-9(5-8)7-20-16(19)21-10;1-20-13-6-11(7-14(8-13)21-2)10-3-4-15-12(5-10)9-18-16(17)19-15;1-12-7-3-6(9(10)11)4-8(5-7)13-2;9-6-1-2-7-5(3-6)4-11-8(10)12-7;9-6-1-2-7-5(3-6)4-10-8(12)11-7;8-4-1-2-6(9)5(3-4)7(10)11;2*8-6-1-2-7(9)5(3-6)4-10;1-12-6-4-2-3-5(7(6)8)9(10)11;5-4-2-1-3-6-4;2-1-3;2-1(3)4;2*1-5(2,3)4;;;/h3-7H,1-2H3;3-9H,1-2H3;3-5,10-11H,1-2H3;1-4H;1-4H,(H,10,11,12);1-3H,9H2,(H,10,11);1-3,10H,4,9H2;1-4H,9H2;2-4H,8H2,1H3;4H,1-3H2;1H2;(H4,2,3,4);;;;;. The summed E-state index contributed by atoms with van der Waals surface area (Å²) in [5.41, 5.74) is 39.7. The zero-order valence-corrected chi connectivity index (χ0v) is 98.2. The van der Waals surface area contributed by atoms with E-state index in [4.69, 9.17) is 191 Å². The first-order valence-electron chi connectivity index (χ1n) is 40.4. The fraction of sp³-hybridized carbons (Fsp3) is 0.144. The number of nitro groups is 1. The van der Waals surface area contributed by atoms with Crippen LogP contribution in [0.1, 0.15) is 39.1 Å². The molecule has 1 aliphatic heterocycles. The number of amides is 2. The van der Waals surface area contributed by atoms with Crippen LogP contribution in [0.4, 0.5) is 33.2 Å². The Morgan fingerprint density at radius 2 is 0.953 bits per heavy atom. The minimum atomic E-state index is -3.72. The van der Waals surface area contributed by atoms with Gasteiger partial charge in [-0.25, -0.2) is 49.3 Å². The van der Waals surface area contributed by atoms with Gasteiger partial charge in [-0.15, -0.1) is 23.2 Å². The molecule has 38 nitrogen and oxygen atoms in total. The van der Waals surface area contributed by atoms with Crippen molar-refractivity contribution >= 4 is 340 Å². The average molecular weight is 2710 g/mol. The SMILES string of the molecule is COc1cc(OC)c(Cl)c(-c2ccc3nc(Cl)ncc3c2)c1Cl.COc1cc(OC)cc(-c2ccc3nc(Cl)ncc3c2)c1.COc1cc(OC)cc(B(O)O)c1.COc1cccc([N+](=O)[O-])c1N.ClCCl.Clc1ncc2cc(Br)ccc2n1.NC(N)=O.Nc1ccc(Br)cc1C(=O)O.Nc1ccc(Br)cc1C=O.Nc1ccc(Br)cc1CO.O=P(Cl)(Cl)Cl.O=S(=O)(Cl)Cl.O=c1ncc2cc(Br)ccc2[nH]1.[B]C1CCCO1.[O]=[Mn]=[O]. The van der Waals surface area contributed by atoms with Crippen molar-refractivity contribution in [3.05, 3.63) is 298 Å². The second kappa shape index (κ2) is 72.1. The van der Waals surface area contributed by atoms with Gasteiger partial charge in [-0.3, -0.25) is 19.5 Å². The van der Waals surface area contributed by atoms with Gasteiger partial charge in [0, 0.05) is 161 Å². The number of nitrogens with zero attached hydrogens (tertiary/aromatic N) is 8. The number of ether oxygens (including phenoxy) is 8. The van der Waals surface area contributed by atoms with Crippen LogP contribution in [0.3, 0.4) is 0 Å². The Balaban J connectivity index is 0.000000560. The number of carboxylic acid groups (broad SMARTS) is 1. The molecular formula is C90H85B2Br5Cl12MnN15O23PS. The van der Waals surface area contributed by atoms with E-state index in [0.29, 0.717) is 71.2 Å². The summed E-state index contributed by atoms with van der Waals surface area (Å²) in [7, 11) is 19.4. The summed E-state index contributed by atoms with van der Waals surface area (Å²) in [6, 6.07) is 53.9. The number of methoxy groups -OCH3 is 7. The first kappa shape index (κ1) is 136. The summed E-state index contributed by atoms with van der Waals surface area (Å²) in [4.78, 5) is 80.9. The molecule has 0 bridgehead atoms. The number of aromatic carboxylic acids is 1. The van der Waals surface area contributed by atoms with Crippen molar-refractivity contribution in [3.63, 3.8) is 0 Å². The zero-order valence-electron chi connectivity index (χ0n) is 78.3. The molecule has 0 aliphatic carbocycles. The van der Waals surface area contributed by atoms with Gasteiger partial charge in [0.05, 0.1) is 104 Å². The number of aliphatic hydroxyl groups is 1. The second-order valence-electron chi connectivity index (χ2n) is 27.5. The van der Waals surface area contributed by atoms with Crippen LogP contribution in [0, 0.1) is 10.1 Å². The van der Waals surface area contributed by atoms with Crippen LogP contribution >= 0.6 is 221 Å². The van der Waals surface area contributed by atoms with Crippen LogP contribution < -0.4 is 78.7 Å². The van der Waals surface area contributed by atoms with E-state index in [1.165, 1.54) is 65.9 Å². The number of carbonyl (C=O) groups is 3. The van der Waals surface area contributed by atoms with E-state index < -0.39 is 52.3 Å². The van der Waals surface area contributed by atoms with Crippen molar-refractivity contribution < 1.29 is 113 Å². The summed E-state index contributed by atoms with van der Waals surface area (Å²) in [6.07, 6.45) is 9.54. The summed E-state index contributed by atoms with van der Waals surface area (Å²) < 4.78 is 90.0. The van der Waals surface area contributed by atoms with E-state index in [0.717, 1.165) is 121 Å². The molecule has 0 saturated carbocycles. The van der Waals surface area contributed by atoms with Gasteiger partial charge in [-0.05, 0) is 249 Å². The number of nitrogen functional groups attached to an aromatic ring is 4. The Bertz CT molecular complexity index is 7140. The molecule has 17 N–H and O–H groups in total. The van der Waals surface area contributed by atoms with Crippen molar-refractivity contribution in [2.45, 2.75) is 25.5 Å². The Labute approximate surface area is 965 Å². The number of H-pyrrole nitrogens is 1. The van der Waals surface area contributed by atoms with E-state index in [2.05, 4.69) is 186 Å². The van der Waals surface area contributed by atoms with Gasteiger partial charge in [0.2, 0.25) is 15.9 Å². The predicted octanol–water partition coefficient (Wildman–Crippen LogP) is 23.7. The number of carbonyl (C=O) groups excluding carboxylic acids is 2. The maximum atomic E-state index is 10.8. The summed E-state index contributed by atoms with van der Waals surface area (Å²) in [5, 5.41) is 47.7. The number of aldehydes is 1. The molecule has 1 fully saturated rings. The molecule has 0 spiro atoms. The predicted molar refractivity (Wildman–Crippen MR) is 608 cm³/mol. The van der Waals surface area contributed by atoms with Gasteiger partial charge in [-0.1, -0.05) is 121 Å². The zero-order chi connectivity index (χ0) is 113. The molecule has 16 rings (SSSR count). The molecule has 1 atom stereocenters. The Morgan fingerprint density at radius 3 is 1.34 bits per heavy atom. The molecule has 1 aliphatic rings. The Hall–Kier alpha value is -9.66. The summed E-state index contributed by atoms with van der Waals surface area (Å²) in [6.45, 7) is 0.854. The number of aromatic nitrogens is 8. The molecule has 2 radical (unpaired) electrons. The molecule has 11 aromatic carbocycles. The number of nitrogens with two attached hydrogens (primary N) is 6. The topological polar surface area (TPSA) is 614 Å². The van der Waals surface area contributed by atoms with Gasteiger partial charge >= 0.3 is 60.8 Å². The molecule has 4 aromatic heterocycles. The van der Waals surface area contributed by atoms with Gasteiger partial charge in [0.15, 0.2) is 12.0 Å². The number of anilines is 4. The van der Waals surface area contributed by atoms with E-state index in [1.54, 1.807) is 99.7 Å². The average Bonchev–Trinajstić information content (AvgIpc) is 0.918. The van der Waals surface area contributed by atoms with Crippen molar-refractivity contribution in [1.82, 2.24) is 39.9 Å². The summed E-state index contributed by atoms with van der Waals surface area (Å²) >= 11 is 68.4. The quantitative estimate of drug-likeness (QED) is 0.00554. The van der Waals surface area contributed by atoms with Crippen LogP contribution in [0.2, 0.25) is 25.9 Å². The third kappa shape index (κ3) is 53.7. The van der Waals surface area contributed by atoms with E-state index in [1.807, 2.05) is 97.1 Å². The molecule has 150 heavy (non-hydrogen) atoms. The Morgan fingerprint density at radius 1 is 0.567 bits per heavy atom. The monoisotopic (exact) mass is 2700 g/mol. The normalized spacial score (nSPS) is 10.9. The number of para-hydroxylation sites is 1. The molecule has 2 amide bonds. The number of halogens is 17. The number of hydrogen-bond donors (Lipinski definition) is 11. The van der Waals surface area contributed by atoms with Crippen LogP contribution in [-0.4, -0.2) is 174 Å². The number of rotatable bonds is 14. The van der Waals surface area contributed by atoms with Crippen molar-refractivity contribution in [2.24, 2.45) is 11.5 Å². The number of nitrogens with one attached hydrogen (secondary N) is 1. The van der Waals surface area contributed by atoms with E-state index >= 15 is 0 Å². The number of fused-ring (bicyclic) bond motifs is 4. The molecule has 5 heterocycles. The molecule has 1 unspecified atom stereocenters. The number of primary amides is 2. The molecule has 1 saturated heterocycles. The van der Waals surface area contributed by atoms with E-state index in [-0.39, 0.29) is 62.1 Å². The van der Waals surface area contributed by atoms with E-state index in [9.17, 15) is 29.1 Å². The number of carboxylic acids is 1. The number of benzene rings is 11. The van der Waals surface area contributed by atoms with Gasteiger partial charge in [0.1, 0.15) is 48.1 Å². The van der Waals surface area contributed by atoms with Gasteiger partial charge < -0.3 is 97.5 Å². The second-order valence-corrected chi connectivity index (χ2v) is 45.1. The number of aromatic amines is 1. The number of alkyl halides is 2. The first-order chi connectivity index (χ1) is 70.6. The molecular weight excluding hydrogens is 2620 g/mol. The fourth-order valence-electron chi connectivity index (χ4n) is 11.0. The maximum absolute atomic E-state index is 10.8. The van der Waals surface area contributed by atoms with Crippen LogP contribution in [0.25, 0.3) is 65.9 Å². The summed E-state index contributed by atoms with van der Waals surface area (Å²) in [5.74, 6) is 2.83. The number of nitro benzene ring substituents is 1. The fourth-order valence-corrected chi connectivity index (χ4v) is 14.0. The minimum absolute atomic E-state index is 0.00866. The number of urea groups is 1. The third-order valence-electron chi connectivity index (χ3n) is 17.5. The third-order valence-corrected chi connectivity index (χ3v) is 21.3. The van der Waals surface area contributed by atoms with Gasteiger partial charge in [-0.2, -0.15) is 8.42 Å². The van der Waals surface area contributed by atoms with Crippen molar-refractivity contribution in [2.75, 3.05) is 84.6 Å². The van der Waals surface area contributed by atoms with Crippen LogP contribution in [0.15, 0.2) is 240 Å². The number of aliphatic hydroxyl groups excluding tert-OH is 1. The number of hydrogen-bond acceptors (Lipinski definition) is 33.